The smallest absolute Gasteiger partial charge is 0.459 e. The first kappa shape index (κ1) is 28.0. The molecule has 0 spiro atoms. The molecule has 5 atom stereocenters. The first-order chi connectivity index (χ1) is 16.8. The SMILES string of the molecule is CC(C)OC(=O)C(C)NP(=O)(OCC1CC(F)(Cl)C(n2cc(F)c(=O)[nH]c2=O)O1)Oc1ccccc1. The first-order valence-corrected chi connectivity index (χ1v) is 12.7. The predicted octanol–water partition coefficient (Wildman–Crippen LogP) is 3.00. The van der Waals surface area contributed by atoms with Crippen LogP contribution in [0.15, 0.2) is 46.1 Å². The van der Waals surface area contributed by atoms with Gasteiger partial charge < -0.3 is 14.0 Å². The molecule has 1 aromatic heterocycles. The summed E-state index contributed by atoms with van der Waals surface area (Å²) < 4.78 is 64.2. The van der Waals surface area contributed by atoms with E-state index in [0.717, 1.165) is 0 Å². The molecule has 0 radical (unpaired) electrons. The van der Waals surface area contributed by atoms with E-state index in [4.69, 9.17) is 30.1 Å². The van der Waals surface area contributed by atoms with Gasteiger partial charge in [-0.25, -0.2) is 13.8 Å². The van der Waals surface area contributed by atoms with Crippen LogP contribution in [0.3, 0.4) is 0 Å². The number of aromatic nitrogens is 2. The molecule has 0 amide bonds. The maximum atomic E-state index is 15.1. The van der Waals surface area contributed by atoms with Crippen molar-refractivity contribution in [3.63, 3.8) is 0 Å². The van der Waals surface area contributed by atoms with E-state index in [1.807, 2.05) is 0 Å². The second kappa shape index (κ2) is 11.2. The Morgan fingerprint density at radius 3 is 2.64 bits per heavy atom. The number of benzene rings is 1. The molecule has 2 aromatic rings. The maximum absolute atomic E-state index is 15.1. The summed E-state index contributed by atoms with van der Waals surface area (Å²) in [7, 11) is -4.28. The summed E-state index contributed by atoms with van der Waals surface area (Å²) >= 11 is 5.88. The minimum absolute atomic E-state index is 0.149. The monoisotopic (exact) mass is 551 g/mol. The van der Waals surface area contributed by atoms with Crippen molar-refractivity contribution in [3.05, 3.63) is 63.2 Å². The summed E-state index contributed by atoms with van der Waals surface area (Å²) in [6.07, 6.45) is -3.51. The lowest BCUT2D eigenvalue weighted by atomic mass is 10.2. The lowest BCUT2D eigenvalue weighted by molar-refractivity contribution is -0.149. The summed E-state index contributed by atoms with van der Waals surface area (Å²) in [5.74, 6) is -1.92. The van der Waals surface area contributed by atoms with Gasteiger partial charge in [0.1, 0.15) is 11.8 Å². The molecular formula is C21H25ClF2N3O8P. The highest BCUT2D eigenvalue weighted by molar-refractivity contribution is 7.52. The van der Waals surface area contributed by atoms with Gasteiger partial charge in [0.25, 0.3) is 5.56 Å². The molecule has 2 heterocycles. The molecule has 0 saturated carbocycles. The second-order valence-electron chi connectivity index (χ2n) is 8.25. The molecule has 1 aliphatic rings. The Morgan fingerprint density at radius 2 is 2.00 bits per heavy atom. The van der Waals surface area contributed by atoms with E-state index < -0.39 is 73.4 Å². The molecule has 0 aliphatic carbocycles. The van der Waals surface area contributed by atoms with Gasteiger partial charge in [0.15, 0.2) is 6.23 Å². The number of carbonyl (C=O) groups is 1. The van der Waals surface area contributed by atoms with E-state index in [0.29, 0.717) is 10.8 Å². The Bertz CT molecular complexity index is 1240. The van der Waals surface area contributed by atoms with E-state index in [2.05, 4.69) is 5.09 Å². The Morgan fingerprint density at radius 1 is 1.33 bits per heavy atom. The van der Waals surface area contributed by atoms with E-state index in [-0.39, 0.29) is 5.75 Å². The molecule has 1 saturated heterocycles. The summed E-state index contributed by atoms with van der Waals surface area (Å²) in [6.45, 7) is 4.12. The number of hydrogen-bond donors (Lipinski definition) is 2. The van der Waals surface area contributed by atoms with Gasteiger partial charge in [-0.05, 0) is 32.9 Å². The molecule has 15 heteroatoms. The Hall–Kier alpha value is -2.57. The number of carbonyl (C=O) groups excluding carboxylic acids is 1. The average Bonchev–Trinajstić information content (AvgIpc) is 3.09. The molecular weight excluding hydrogens is 527 g/mol. The number of hydrogen-bond acceptors (Lipinski definition) is 8. The van der Waals surface area contributed by atoms with E-state index in [9.17, 15) is 23.3 Å². The standard InChI is InChI=1S/C21H25ClF2N3O8P/c1-12(2)33-18(29)13(3)26-36(31,35-14-7-5-4-6-8-14)32-11-15-9-21(22,24)19(34-15)27-10-16(23)17(28)25-20(27)30/h4-8,10,12-13,15,19H,9,11H2,1-3H3,(H,26,31)(H,25,28,30). The summed E-state index contributed by atoms with van der Waals surface area (Å²) in [5.41, 5.74) is -2.43. The average molecular weight is 552 g/mol. The van der Waals surface area contributed by atoms with Crippen LogP contribution in [0.5, 0.6) is 5.75 Å². The number of halogens is 3. The third-order valence-electron chi connectivity index (χ3n) is 4.82. The van der Waals surface area contributed by atoms with E-state index >= 15 is 4.39 Å². The molecule has 1 aliphatic heterocycles. The number of para-hydroxylation sites is 1. The van der Waals surface area contributed by atoms with Crippen molar-refractivity contribution in [2.75, 3.05) is 6.61 Å². The topological polar surface area (TPSA) is 138 Å². The van der Waals surface area contributed by atoms with Gasteiger partial charge in [-0.15, -0.1) is 0 Å². The minimum Gasteiger partial charge on any atom is -0.462 e. The number of nitrogens with one attached hydrogen (secondary N) is 2. The quantitative estimate of drug-likeness (QED) is 0.259. The Kier molecular flexibility index (Phi) is 8.73. The third kappa shape index (κ3) is 7.01. The van der Waals surface area contributed by atoms with Crippen LogP contribution in [0.25, 0.3) is 0 Å². The van der Waals surface area contributed by atoms with Crippen molar-refractivity contribution in [3.8, 4) is 5.75 Å². The van der Waals surface area contributed by atoms with Gasteiger partial charge in [0.2, 0.25) is 10.9 Å². The van der Waals surface area contributed by atoms with Crippen LogP contribution in [0.4, 0.5) is 8.78 Å². The summed E-state index contributed by atoms with van der Waals surface area (Å²) in [6, 6.07) is 6.82. The zero-order valence-corrected chi connectivity index (χ0v) is 21.1. The highest BCUT2D eigenvalue weighted by Gasteiger charge is 2.50. The van der Waals surface area contributed by atoms with E-state index in [1.54, 1.807) is 37.0 Å². The molecule has 0 bridgehead atoms. The fourth-order valence-corrected chi connectivity index (χ4v) is 5.10. The Labute approximate surface area is 209 Å². The van der Waals surface area contributed by atoms with Crippen LogP contribution in [0, 0.1) is 5.82 Å². The van der Waals surface area contributed by atoms with Crippen LogP contribution in [0.2, 0.25) is 0 Å². The molecule has 11 nitrogen and oxygen atoms in total. The lowest BCUT2D eigenvalue weighted by Crippen LogP contribution is -2.38. The van der Waals surface area contributed by atoms with Gasteiger partial charge in [-0.1, -0.05) is 29.8 Å². The van der Waals surface area contributed by atoms with Crippen LogP contribution in [-0.4, -0.2) is 45.5 Å². The zero-order valence-electron chi connectivity index (χ0n) is 19.5. The molecule has 2 N–H and O–H groups in total. The van der Waals surface area contributed by atoms with Crippen molar-refractivity contribution in [2.24, 2.45) is 0 Å². The number of aromatic amines is 1. The molecule has 198 valence electrons. The molecule has 1 fully saturated rings. The minimum atomic E-state index is -4.28. The second-order valence-corrected chi connectivity index (χ2v) is 10.6. The van der Waals surface area contributed by atoms with Crippen molar-refractivity contribution < 1.29 is 36.7 Å². The van der Waals surface area contributed by atoms with Gasteiger partial charge in [-0.2, -0.15) is 9.48 Å². The number of esters is 1. The Balaban J connectivity index is 1.77. The van der Waals surface area contributed by atoms with Crippen molar-refractivity contribution in [1.29, 1.82) is 0 Å². The number of H-pyrrole nitrogens is 1. The van der Waals surface area contributed by atoms with Gasteiger partial charge >= 0.3 is 19.4 Å². The molecule has 3 rings (SSSR count). The highest BCUT2D eigenvalue weighted by atomic mass is 35.5. The number of rotatable bonds is 10. The normalized spacial score (nSPS) is 24.3. The summed E-state index contributed by atoms with van der Waals surface area (Å²) in [4.78, 5) is 37.2. The van der Waals surface area contributed by atoms with Crippen LogP contribution >= 0.6 is 19.3 Å². The largest absolute Gasteiger partial charge is 0.462 e. The third-order valence-corrected chi connectivity index (χ3v) is 6.80. The molecule has 1 aromatic carbocycles. The number of nitrogens with zero attached hydrogens (tertiary/aromatic N) is 1. The predicted molar refractivity (Wildman–Crippen MR) is 124 cm³/mol. The summed E-state index contributed by atoms with van der Waals surface area (Å²) in [5, 5.41) is -0.233. The number of alkyl halides is 2. The van der Waals surface area contributed by atoms with Crippen LogP contribution in [0.1, 0.15) is 33.4 Å². The van der Waals surface area contributed by atoms with Crippen LogP contribution < -0.4 is 20.9 Å². The van der Waals surface area contributed by atoms with Crippen molar-refractivity contribution in [2.45, 2.75) is 56.8 Å². The van der Waals surface area contributed by atoms with Crippen LogP contribution in [-0.2, 0) is 23.4 Å². The first-order valence-electron chi connectivity index (χ1n) is 10.8. The van der Waals surface area contributed by atoms with Crippen molar-refractivity contribution >= 4 is 25.3 Å². The van der Waals surface area contributed by atoms with E-state index in [1.165, 1.54) is 19.1 Å². The van der Waals surface area contributed by atoms with Crippen molar-refractivity contribution in [1.82, 2.24) is 14.6 Å². The number of ether oxygens (including phenoxy) is 2. The lowest BCUT2D eigenvalue weighted by Gasteiger charge is -2.24. The van der Waals surface area contributed by atoms with Gasteiger partial charge in [-0.3, -0.25) is 23.7 Å². The van der Waals surface area contributed by atoms with Gasteiger partial charge in [0, 0.05) is 6.42 Å². The molecule has 36 heavy (non-hydrogen) atoms. The zero-order chi connectivity index (χ0) is 26.7. The molecule has 5 unspecified atom stereocenters. The maximum Gasteiger partial charge on any atom is 0.459 e. The fraction of sp³-hybridized carbons (Fsp3) is 0.476. The fourth-order valence-electron chi connectivity index (χ4n) is 3.25. The highest BCUT2D eigenvalue weighted by Crippen LogP contribution is 2.48. The van der Waals surface area contributed by atoms with Gasteiger partial charge in [0.05, 0.1) is 25.0 Å².